The zero-order valence-corrected chi connectivity index (χ0v) is 17.3. The van der Waals surface area contributed by atoms with Gasteiger partial charge in [0.05, 0.1) is 11.8 Å². The van der Waals surface area contributed by atoms with Gasteiger partial charge in [0.25, 0.3) is 5.91 Å². The van der Waals surface area contributed by atoms with E-state index in [1.165, 1.54) is 12.4 Å². The summed E-state index contributed by atoms with van der Waals surface area (Å²) >= 11 is 1.66. The highest BCUT2D eigenvalue weighted by atomic mass is 32.1. The van der Waals surface area contributed by atoms with E-state index in [1.807, 2.05) is 66.0 Å². The first kappa shape index (κ1) is 20.3. The lowest BCUT2D eigenvalue weighted by Gasteiger charge is -2.10. The van der Waals surface area contributed by atoms with E-state index in [0.717, 1.165) is 16.0 Å². The van der Waals surface area contributed by atoms with Gasteiger partial charge in [-0.2, -0.15) is 0 Å². The second-order valence-electron chi connectivity index (χ2n) is 6.77. The van der Waals surface area contributed by atoms with Crippen LogP contribution in [0.3, 0.4) is 0 Å². The van der Waals surface area contributed by atoms with Gasteiger partial charge in [-0.25, -0.2) is 0 Å². The van der Waals surface area contributed by atoms with E-state index in [4.69, 9.17) is 10.5 Å². The van der Waals surface area contributed by atoms with Crippen molar-refractivity contribution in [1.29, 1.82) is 0 Å². The quantitative estimate of drug-likeness (QED) is 0.444. The number of rotatable bonds is 7. The molecule has 7 heteroatoms. The molecule has 3 N–H and O–H groups in total. The fourth-order valence-electron chi connectivity index (χ4n) is 2.97. The molecule has 0 radical (unpaired) electrons. The largest absolute Gasteiger partial charge is 0.487 e. The molecule has 0 unspecified atom stereocenters. The molecule has 2 aromatic heterocycles. The Kier molecular flexibility index (Phi) is 6.05. The lowest BCUT2D eigenvalue weighted by atomic mass is 10.1. The maximum Gasteiger partial charge on any atom is 0.255 e. The van der Waals surface area contributed by atoms with E-state index in [1.54, 1.807) is 17.4 Å². The minimum absolute atomic E-state index is 0.186. The number of primary amides is 1. The Morgan fingerprint density at radius 3 is 2.55 bits per heavy atom. The van der Waals surface area contributed by atoms with E-state index in [9.17, 15) is 9.59 Å². The van der Waals surface area contributed by atoms with Crippen LogP contribution in [-0.2, 0) is 6.61 Å². The van der Waals surface area contributed by atoms with Crippen molar-refractivity contribution in [2.45, 2.75) is 6.61 Å². The third kappa shape index (κ3) is 5.15. The summed E-state index contributed by atoms with van der Waals surface area (Å²) in [6.45, 7) is 0.253. The molecular weight excluding hydrogens is 410 g/mol. The summed E-state index contributed by atoms with van der Waals surface area (Å²) < 4.78 is 5.69. The number of carbonyl (C=O) groups excluding carboxylic acids is 2. The molecule has 0 fully saturated rings. The highest BCUT2D eigenvalue weighted by Gasteiger charge is 2.08. The topological polar surface area (TPSA) is 94.3 Å². The first-order chi connectivity index (χ1) is 15.1. The molecule has 31 heavy (non-hydrogen) atoms. The average Bonchev–Trinajstić information content (AvgIpc) is 3.33. The fraction of sp³-hybridized carbons (Fsp3) is 0.0417. The molecule has 0 aliphatic heterocycles. The molecule has 0 aliphatic rings. The van der Waals surface area contributed by atoms with E-state index in [2.05, 4.69) is 10.3 Å². The molecule has 2 heterocycles. The van der Waals surface area contributed by atoms with Crippen LogP contribution in [0.2, 0.25) is 0 Å². The van der Waals surface area contributed by atoms with Crippen LogP contribution >= 0.6 is 11.3 Å². The highest BCUT2D eigenvalue weighted by Crippen LogP contribution is 2.25. The van der Waals surface area contributed by atoms with Gasteiger partial charge < -0.3 is 15.8 Å². The third-order valence-corrected chi connectivity index (χ3v) is 5.46. The smallest absolute Gasteiger partial charge is 0.255 e. The predicted octanol–water partition coefficient (Wildman–Crippen LogP) is 4.74. The molecule has 0 spiro atoms. The number of ether oxygens (including phenoxy) is 1. The molecular formula is C24H19N3O3S. The molecule has 0 bridgehead atoms. The normalized spacial score (nSPS) is 10.5. The molecule has 2 amide bonds. The minimum atomic E-state index is -0.564. The van der Waals surface area contributed by atoms with Crippen molar-refractivity contribution in [3.63, 3.8) is 0 Å². The molecule has 4 rings (SSSR count). The lowest BCUT2D eigenvalue weighted by molar-refractivity contribution is 0.0997. The molecule has 0 saturated carbocycles. The number of aromatic nitrogens is 1. The van der Waals surface area contributed by atoms with Crippen LogP contribution in [0.15, 0.2) is 84.5 Å². The summed E-state index contributed by atoms with van der Waals surface area (Å²) in [7, 11) is 0. The van der Waals surface area contributed by atoms with Gasteiger partial charge in [0.2, 0.25) is 5.91 Å². The standard InChI is InChI=1S/C24H19N3O3S/c25-23(28)19-12-21(14-26-13-19)30-15-16-3-1-4-20(11-16)27-24(29)18-8-6-17(7-9-18)22-5-2-10-31-22/h1-14H,15H2,(H2,25,28)(H,27,29). The van der Waals surface area contributed by atoms with Gasteiger partial charge in [0.15, 0.2) is 0 Å². The monoisotopic (exact) mass is 429 g/mol. The van der Waals surface area contributed by atoms with E-state index in [-0.39, 0.29) is 18.1 Å². The first-order valence-electron chi connectivity index (χ1n) is 9.50. The molecule has 154 valence electrons. The van der Waals surface area contributed by atoms with Crippen LogP contribution < -0.4 is 15.8 Å². The lowest BCUT2D eigenvalue weighted by Crippen LogP contribution is -2.12. The SMILES string of the molecule is NC(=O)c1cncc(OCc2cccc(NC(=O)c3ccc(-c4cccs4)cc3)c2)c1. The van der Waals surface area contributed by atoms with Gasteiger partial charge in [-0.15, -0.1) is 11.3 Å². The summed E-state index contributed by atoms with van der Waals surface area (Å²) in [4.78, 5) is 29.0. The van der Waals surface area contributed by atoms with Crippen LogP contribution in [0.5, 0.6) is 5.75 Å². The number of anilines is 1. The maximum absolute atomic E-state index is 12.6. The van der Waals surface area contributed by atoms with Crippen molar-refractivity contribution in [2.24, 2.45) is 5.73 Å². The van der Waals surface area contributed by atoms with Gasteiger partial charge in [0.1, 0.15) is 12.4 Å². The summed E-state index contributed by atoms with van der Waals surface area (Å²) in [6.07, 6.45) is 2.90. The zero-order valence-electron chi connectivity index (χ0n) is 16.4. The van der Waals surface area contributed by atoms with E-state index >= 15 is 0 Å². The van der Waals surface area contributed by atoms with Crippen LogP contribution in [0.25, 0.3) is 10.4 Å². The Hall–Kier alpha value is -3.97. The van der Waals surface area contributed by atoms with Crippen molar-refractivity contribution in [2.75, 3.05) is 5.32 Å². The number of thiophene rings is 1. The number of hydrogen-bond donors (Lipinski definition) is 2. The van der Waals surface area contributed by atoms with Crippen molar-refractivity contribution in [1.82, 2.24) is 4.98 Å². The van der Waals surface area contributed by atoms with Gasteiger partial charge in [-0.3, -0.25) is 14.6 Å². The number of pyridine rings is 1. The van der Waals surface area contributed by atoms with Crippen LogP contribution in [0.1, 0.15) is 26.3 Å². The Labute approximate surface area is 183 Å². The Morgan fingerprint density at radius 1 is 0.968 bits per heavy atom. The molecule has 0 saturated heterocycles. The predicted molar refractivity (Wildman–Crippen MR) is 121 cm³/mol. The Bertz CT molecular complexity index is 1200. The molecule has 0 aliphatic carbocycles. The zero-order chi connectivity index (χ0) is 21.6. The molecule has 4 aromatic rings. The number of amides is 2. The van der Waals surface area contributed by atoms with Crippen LogP contribution in [0, 0.1) is 0 Å². The summed E-state index contributed by atoms with van der Waals surface area (Å²) in [5.41, 5.74) is 8.73. The number of hydrogen-bond acceptors (Lipinski definition) is 5. The first-order valence-corrected chi connectivity index (χ1v) is 10.4. The number of nitrogens with one attached hydrogen (secondary N) is 1. The maximum atomic E-state index is 12.6. The summed E-state index contributed by atoms with van der Waals surface area (Å²) in [5, 5.41) is 4.94. The van der Waals surface area contributed by atoms with E-state index in [0.29, 0.717) is 17.0 Å². The van der Waals surface area contributed by atoms with Crippen molar-refractivity contribution in [3.8, 4) is 16.2 Å². The van der Waals surface area contributed by atoms with Gasteiger partial charge >= 0.3 is 0 Å². The number of nitrogens with zero attached hydrogens (tertiary/aromatic N) is 1. The van der Waals surface area contributed by atoms with Crippen molar-refractivity contribution in [3.05, 3.63) is 101 Å². The second-order valence-corrected chi connectivity index (χ2v) is 7.72. The fourth-order valence-corrected chi connectivity index (χ4v) is 3.70. The Morgan fingerprint density at radius 2 is 1.81 bits per heavy atom. The summed E-state index contributed by atoms with van der Waals surface area (Å²) in [6, 6.07) is 20.5. The van der Waals surface area contributed by atoms with Gasteiger partial charge in [-0.1, -0.05) is 30.3 Å². The number of benzene rings is 2. The van der Waals surface area contributed by atoms with E-state index < -0.39 is 5.91 Å². The molecule has 0 atom stereocenters. The van der Waals surface area contributed by atoms with Crippen LogP contribution in [0.4, 0.5) is 5.69 Å². The van der Waals surface area contributed by atoms with Crippen molar-refractivity contribution >= 4 is 28.8 Å². The third-order valence-electron chi connectivity index (χ3n) is 4.54. The number of nitrogens with two attached hydrogens (primary N) is 1. The average molecular weight is 430 g/mol. The van der Waals surface area contributed by atoms with Crippen molar-refractivity contribution < 1.29 is 14.3 Å². The molecule has 6 nitrogen and oxygen atoms in total. The van der Waals surface area contributed by atoms with Gasteiger partial charge in [-0.05, 0) is 52.9 Å². The summed E-state index contributed by atoms with van der Waals surface area (Å²) in [5.74, 6) is -0.309. The minimum Gasteiger partial charge on any atom is -0.487 e. The second kappa shape index (κ2) is 9.23. The Balaban J connectivity index is 1.39. The molecule has 2 aromatic carbocycles. The van der Waals surface area contributed by atoms with Crippen LogP contribution in [-0.4, -0.2) is 16.8 Å². The highest BCUT2D eigenvalue weighted by molar-refractivity contribution is 7.13. The number of carbonyl (C=O) groups is 2. The van der Waals surface area contributed by atoms with Gasteiger partial charge in [0, 0.05) is 22.3 Å².